The van der Waals surface area contributed by atoms with Gasteiger partial charge >= 0.3 is 0 Å². The second-order valence-electron chi connectivity index (χ2n) is 5.54. The van der Waals surface area contributed by atoms with Crippen LogP contribution < -0.4 is 5.32 Å². The van der Waals surface area contributed by atoms with Crippen molar-refractivity contribution in [2.45, 2.75) is 32.5 Å². The van der Waals surface area contributed by atoms with Gasteiger partial charge in [-0.3, -0.25) is 4.90 Å². The highest BCUT2D eigenvalue weighted by molar-refractivity contribution is 7.07. The molecule has 0 fully saturated rings. The van der Waals surface area contributed by atoms with Gasteiger partial charge in [0.25, 0.3) is 0 Å². The van der Waals surface area contributed by atoms with E-state index in [-0.39, 0.29) is 0 Å². The van der Waals surface area contributed by atoms with Crippen LogP contribution in [0.3, 0.4) is 0 Å². The zero-order chi connectivity index (χ0) is 14.4. The van der Waals surface area contributed by atoms with Crippen molar-refractivity contribution in [2.75, 3.05) is 13.6 Å². The fraction of sp³-hybridized carbons (Fsp3) is 0.412. The van der Waals surface area contributed by atoms with Gasteiger partial charge in [-0.15, -0.1) is 0 Å². The number of hydrogen-bond donors (Lipinski definition) is 1. The molecule has 3 heteroatoms. The Balaban J connectivity index is 2.08. The highest BCUT2D eigenvalue weighted by Gasteiger charge is 2.17. The lowest BCUT2D eigenvalue weighted by atomic mass is 10.0. The first-order valence-corrected chi connectivity index (χ1v) is 8.10. The lowest BCUT2D eigenvalue weighted by Gasteiger charge is -2.29. The molecule has 0 radical (unpaired) electrons. The summed E-state index contributed by atoms with van der Waals surface area (Å²) in [7, 11) is 2.21. The molecule has 1 unspecified atom stereocenters. The molecule has 2 nitrogen and oxygen atoms in total. The van der Waals surface area contributed by atoms with Crippen molar-refractivity contribution in [1.82, 2.24) is 10.2 Å². The smallest absolute Gasteiger partial charge is 0.0473 e. The lowest BCUT2D eigenvalue weighted by Crippen LogP contribution is -2.35. The Hall–Kier alpha value is -1.16. The molecule has 1 aromatic heterocycles. The molecule has 1 heterocycles. The number of likely N-dealkylation sites (N-methyl/N-ethyl adjacent to an activating group) is 1. The van der Waals surface area contributed by atoms with Crippen molar-refractivity contribution in [1.29, 1.82) is 0 Å². The summed E-state index contributed by atoms with van der Waals surface area (Å²) in [5, 5.41) is 7.94. The molecule has 1 atom stereocenters. The van der Waals surface area contributed by atoms with Gasteiger partial charge in [0.15, 0.2) is 0 Å². The normalized spacial score (nSPS) is 13.1. The Kier molecular flexibility index (Phi) is 5.77. The molecule has 0 spiro atoms. The van der Waals surface area contributed by atoms with Crippen molar-refractivity contribution in [2.24, 2.45) is 0 Å². The van der Waals surface area contributed by atoms with E-state index in [1.807, 2.05) is 0 Å². The Morgan fingerprint density at radius 3 is 2.50 bits per heavy atom. The van der Waals surface area contributed by atoms with Gasteiger partial charge in [-0.2, -0.15) is 11.3 Å². The van der Waals surface area contributed by atoms with Gasteiger partial charge in [0.05, 0.1) is 0 Å². The summed E-state index contributed by atoms with van der Waals surface area (Å²) in [5.41, 5.74) is 2.77. The fourth-order valence-corrected chi connectivity index (χ4v) is 2.99. The third kappa shape index (κ3) is 4.44. The molecule has 0 aliphatic heterocycles. The first-order valence-electron chi connectivity index (χ1n) is 7.16. The highest BCUT2D eigenvalue weighted by atomic mass is 32.1. The largest absolute Gasteiger partial charge is 0.313 e. The van der Waals surface area contributed by atoms with Gasteiger partial charge in [-0.25, -0.2) is 0 Å². The number of benzene rings is 1. The van der Waals surface area contributed by atoms with E-state index in [9.17, 15) is 0 Å². The first kappa shape index (κ1) is 15.2. The van der Waals surface area contributed by atoms with E-state index >= 15 is 0 Å². The van der Waals surface area contributed by atoms with Gasteiger partial charge < -0.3 is 5.32 Å². The molecular formula is C17H24N2S. The van der Waals surface area contributed by atoms with E-state index in [1.165, 1.54) is 11.1 Å². The number of hydrogen-bond acceptors (Lipinski definition) is 3. The van der Waals surface area contributed by atoms with Gasteiger partial charge in [0.1, 0.15) is 0 Å². The maximum atomic E-state index is 3.57. The van der Waals surface area contributed by atoms with Gasteiger partial charge in [0.2, 0.25) is 0 Å². The van der Waals surface area contributed by atoms with Crippen LogP contribution in [0.1, 0.15) is 31.0 Å². The van der Waals surface area contributed by atoms with Crippen molar-refractivity contribution >= 4 is 11.3 Å². The standard InChI is InChI=1S/C17H24N2S/c1-14(2)18-11-17(16-7-5-4-6-8-16)19(3)12-15-9-10-20-13-15/h4-10,13-14,17-18H,11-12H2,1-3H3. The molecule has 0 aliphatic rings. The predicted octanol–water partition coefficient (Wildman–Crippen LogP) is 3.92. The average molecular weight is 288 g/mol. The van der Waals surface area contributed by atoms with Crippen LogP contribution >= 0.6 is 11.3 Å². The Labute approximate surface area is 126 Å². The van der Waals surface area contributed by atoms with Gasteiger partial charge in [-0.1, -0.05) is 44.2 Å². The fourth-order valence-electron chi connectivity index (χ4n) is 2.33. The summed E-state index contributed by atoms with van der Waals surface area (Å²) < 4.78 is 0. The summed E-state index contributed by atoms with van der Waals surface area (Å²) in [5.74, 6) is 0. The van der Waals surface area contributed by atoms with Crippen LogP contribution in [0.2, 0.25) is 0 Å². The predicted molar refractivity (Wildman–Crippen MR) is 88.1 cm³/mol. The third-order valence-electron chi connectivity index (χ3n) is 3.45. The highest BCUT2D eigenvalue weighted by Crippen LogP contribution is 2.21. The molecule has 0 aliphatic carbocycles. The second kappa shape index (κ2) is 7.58. The van der Waals surface area contributed by atoms with Crippen molar-refractivity contribution < 1.29 is 0 Å². The average Bonchev–Trinajstić information content (AvgIpc) is 2.92. The Morgan fingerprint density at radius 1 is 1.15 bits per heavy atom. The van der Waals surface area contributed by atoms with Crippen molar-refractivity contribution in [3.8, 4) is 0 Å². The van der Waals surface area contributed by atoms with E-state index in [4.69, 9.17) is 0 Å². The minimum absolute atomic E-state index is 0.401. The third-order valence-corrected chi connectivity index (χ3v) is 4.18. The first-order chi connectivity index (χ1) is 9.66. The molecule has 1 N–H and O–H groups in total. The van der Waals surface area contributed by atoms with Crippen LogP contribution in [0.5, 0.6) is 0 Å². The Bertz CT molecular complexity index is 479. The minimum Gasteiger partial charge on any atom is -0.313 e. The molecule has 0 amide bonds. The van der Waals surface area contributed by atoms with E-state index < -0.39 is 0 Å². The van der Waals surface area contributed by atoms with Crippen LogP contribution in [-0.4, -0.2) is 24.5 Å². The van der Waals surface area contributed by atoms with Crippen LogP contribution in [0, 0.1) is 0 Å². The van der Waals surface area contributed by atoms with Crippen LogP contribution in [0.25, 0.3) is 0 Å². The Morgan fingerprint density at radius 2 is 1.90 bits per heavy atom. The van der Waals surface area contributed by atoms with Crippen LogP contribution in [0.15, 0.2) is 47.2 Å². The van der Waals surface area contributed by atoms with Crippen LogP contribution in [0.4, 0.5) is 0 Å². The molecule has 1 aromatic carbocycles. The maximum absolute atomic E-state index is 3.57. The summed E-state index contributed by atoms with van der Waals surface area (Å²) >= 11 is 1.77. The zero-order valence-corrected chi connectivity index (χ0v) is 13.4. The summed E-state index contributed by atoms with van der Waals surface area (Å²) in [4.78, 5) is 2.42. The van der Waals surface area contributed by atoms with E-state index in [0.717, 1.165) is 13.1 Å². The molecule has 2 rings (SSSR count). The number of thiophene rings is 1. The summed E-state index contributed by atoms with van der Waals surface area (Å²) in [6.07, 6.45) is 0. The molecule has 20 heavy (non-hydrogen) atoms. The van der Waals surface area contributed by atoms with Gasteiger partial charge in [-0.05, 0) is 35.0 Å². The molecule has 108 valence electrons. The van der Waals surface area contributed by atoms with E-state index in [1.54, 1.807) is 11.3 Å². The molecule has 0 saturated heterocycles. The van der Waals surface area contributed by atoms with Gasteiger partial charge in [0, 0.05) is 25.2 Å². The lowest BCUT2D eigenvalue weighted by molar-refractivity contribution is 0.226. The van der Waals surface area contributed by atoms with Crippen molar-refractivity contribution in [3.05, 3.63) is 58.3 Å². The van der Waals surface area contributed by atoms with Crippen molar-refractivity contribution in [3.63, 3.8) is 0 Å². The maximum Gasteiger partial charge on any atom is 0.0473 e. The zero-order valence-electron chi connectivity index (χ0n) is 12.5. The van der Waals surface area contributed by atoms with E-state index in [0.29, 0.717) is 12.1 Å². The molecule has 0 bridgehead atoms. The molecular weight excluding hydrogens is 264 g/mol. The number of rotatable bonds is 7. The molecule has 0 saturated carbocycles. The topological polar surface area (TPSA) is 15.3 Å². The van der Waals surface area contributed by atoms with E-state index in [2.05, 4.69) is 78.3 Å². The quantitative estimate of drug-likeness (QED) is 0.830. The number of nitrogens with zero attached hydrogens (tertiary/aromatic N) is 1. The number of nitrogens with one attached hydrogen (secondary N) is 1. The monoisotopic (exact) mass is 288 g/mol. The van der Waals surface area contributed by atoms with Crippen LogP contribution in [-0.2, 0) is 6.54 Å². The second-order valence-corrected chi connectivity index (χ2v) is 6.32. The SMILES string of the molecule is CC(C)NCC(c1ccccc1)N(C)Cc1ccsc1. The summed E-state index contributed by atoms with van der Waals surface area (Å²) in [6, 6.07) is 13.9. The molecule has 2 aromatic rings. The summed E-state index contributed by atoms with van der Waals surface area (Å²) in [6.45, 7) is 6.35. The minimum atomic E-state index is 0.401.